The Balaban J connectivity index is 1.82. The first-order valence-electron chi connectivity index (χ1n) is 8.21. The number of ether oxygens (including phenoxy) is 2. The number of hydrogen-bond acceptors (Lipinski definition) is 6. The van der Waals surface area contributed by atoms with Crippen molar-refractivity contribution >= 4 is 17.5 Å². The number of esters is 1. The highest BCUT2D eigenvalue weighted by Crippen LogP contribution is 2.27. The van der Waals surface area contributed by atoms with E-state index in [-0.39, 0.29) is 5.97 Å². The fourth-order valence-electron chi connectivity index (χ4n) is 2.46. The van der Waals surface area contributed by atoms with Crippen LogP contribution in [0.4, 0.5) is 11.5 Å². The number of nitrogens with zero attached hydrogens (tertiary/aromatic N) is 2. The Kier molecular flexibility index (Phi) is 5.43. The SMILES string of the molecule is CCOC(=O)c1ccc(-c2cc(Nc3ccccc3OC)ncn2)cc1. The minimum Gasteiger partial charge on any atom is -0.495 e. The number of benzene rings is 2. The topological polar surface area (TPSA) is 73.3 Å². The highest BCUT2D eigenvalue weighted by molar-refractivity contribution is 5.90. The Morgan fingerprint density at radius 1 is 1.08 bits per heavy atom. The van der Waals surface area contributed by atoms with Crippen LogP contribution < -0.4 is 10.1 Å². The summed E-state index contributed by atoms with van der Waals surface area (Å²) in [7, 11) is 1.62. The number of hydrogen-bond donors (Lipinski definition) is 1. The average Bonchev–Trinajstić information content (AvgIpc) is 2.69. The van der Waals surface area contributed by atoms with E-state index < -0.39 is 0 Å². The molecule has 6 heteroatoms. The molecule has 0 saturated heterocycles. The summed E-state index contributed by atoms with van der Waals surface area (Å²) in [6.45, 7) is 2.13. The third-order valence-electron chi connectivity index (χ3n) is 3.73. The molecule has 0 bridgehead atoms. The van der Waals surface area contributed by atoms with Crippen LogP contribution in [0, 0.1) is 0 Å². The van der Waals surface area contributed by atoms with E-state index >= 15 is 0 Å². The van der Waals surface area contributed by atoms with Gasteiger partial charge in [-0.2, -0.15) is 0 Å². The van der Waals surface area contributed by atoms with E-state index in [9.17, 15) is 4.79 Å². The molecule has 0 radical (unpaired) electrons. The maximum Gasteiger partial charge on any atom is 0.338 e. The maximum atomic E-state index is 11.7. The minimum atomic E-state index is -0.333. The maximum absolute atomic E-state index is 11.7. The smallest absolute Gasteiger partial charge is 0.338 e. The minimum absolute atomic E-state index is 0.333. The van der Waals surface area contributed by atoms with E-state index in [1.54, 1.807) is 26.2 Å². The Morgan fingerprint density at radius 2 is 1.85 bits per heavy atom. The van der Waals surface area contributed by atoms with E-state index in [2.05, 4.69) is 15.3 Å². The largest absolute Gasteiger partial charge is 0.495 e. The number of anilines is 2. The predicted octanol–water partition coefficient (Wildman–Crippen LogP) is 4.07. The lowest BCUT2D eigenvalue weighted by Crippen LogP contribution is -2.04. The van der Waals surface area contributed by atoms with Crippen LogP contribution in [0.3, 0.4) is 0 Å². The summed E-state index contributed by atoms with van der Waals surface area (Å²) in [4.78, 5) is 20.3. The molecule has 3 aromatic rings. The van der Waals surface area contributed by atoms with E-state index in [1.165, 1.54) is 6.33 Å². The van der Waals surface area contributed by atoms with Crippen LogP contribution >= 0.6 is 0 Å². The highest BCUT2D eigenvalue weighted by Gasteiger charge is 2.08. The molecule has 1 aromatic heterocycles. The quantitative estimate of drug-likeness (QED) is 0.676. The Hall–Kier alpha value is -3.41. The molecule has 0 fully saturated rings. The predicted molar refractivity (Wildman–Crippen MR) is 99.7 cm³/mol. The fourth-order valence-corrected chi connectivity index (χ4v) is 2.46. The lowest BCUT2D eigenvalue weighted by Gasteiger charge is -2.11. The molecule has 0 spiro atoms. The number of carbonyl (C=O) groups excluding carboxylic acids is 1. The average molecular weight is 349 g/mol. The van der Waals surface area contributed by atoms with Crippen LogP contribution in [0.5, 0.6) is 5.75 Å². The van der Waals surface area contributed by atoms with Crippen molar-refractivity contribution in [1.29, 1.82) is 0 Å². The first kappa shape index (κ1) is 17.4. The molecule has 1 heterocycles. The van der Waals surface area contributed by atoms with Gasteiger partial charge in [0.25, 0.3) is 0 Å². The van der Waals surface area contributed by atoms with Gasteiger partial charge in [0.2, 0.25) is 0 Å². The third-order valence-corrected chi connectivity index (χ3v) is 3.73. The van der Waals surface area contributed by atoms with Gasteiger partial charge >= 0.3 is 5.97 Å². The van der Waals surface area contributed by atoms with Gasteiger partial charge in [-0.25, -0.2) is 14.8 Å². The summed E-state index contributed by atoms with van der Waals surface area (Å²) in [5, 5.41) is 3.23. The van der Waals surface area contributed by atoms with Crippen LogP contribution in [0.2, 0.25) is 0 Å². The number of aromatic nitrogens is 2. The monoisotopic (exact) mass is 349 g/mol. The van der Waals surface area contributed by atoms with Crippen LogP contribution in [-0.2, 0) is 4.74 Å². The van der Waals surface area contributed by atoms with Gasteiger partial charge in [-0.3, -0.25) is 0 Å². The second kappa shape index (κ2) is 8.11. The summed E-state index contributed by atoms with van der Waals surface area (Å²) in [5.41, 5.74) is 2.95. The summed E-state index contributed by atoms with van der Waals surface area (Å²) in [6, 6.07) is 16.6. The van der Waals surface area contributed by atoms with Crippen molar-refractivity contribution in [2.45, 2.75) is 6.92 Å². The Morgan fingerprint density at radius 3 is 2.58 bits per heavy atom. The Bertz CT molecular complexity index is 895. The molecule has 0 atom stereocenters. The van der Waals surface area contributed by atoms with Crippen molar-refractivity contribution in [2.24, 2.45) is 0 Å². The van der Waals surface area contributed by atoms with Crippen LogP contribution in [0.15, 0.2) is 60.9 Å². The molecule has 0 aliphatic rings. The first-order valence-corrected chi connectivity index (χ1v) is 8.21. The van der Waals surface area contributed by atoms with Gasteiger partial charge in [-0.15, -0.1) is 0 Å². The molecule has 3 rings (SSSR count). The molecule has 0 aliphatic carbocycles. The zero-order valence-electron chi connectivity index (χ0n) is 14.6. The second-order valence-corrected chi connectivity index (χ2v) is 5.41. The summed E-state index contributed by atoms with van der Waals surface area (Å²) >= 11 is 0. The highest BCUT2D eigenvalue weighted by atomic mass is 16.5. The van der Waals surface area contributed by atoms with E-state index in [4.69, 9.17) is 9.47 Å². The fraction of sp³-hybridized carbons (Fsp3) is 0.150. The molecule has 0 aliphatic heterocycles. The van der Waals surface area contributed by atoms with Gasteiger partial charge < -0.3 is 14.8 Å². The number of nitrogens with one attached hydrogen (secondary N) is 1. The van der Waals surface area contributed by atoms with Gasteiger partial charge in [0, 0.05) is 11.6 Å². The van der Waals surface area contributed by atoms with E-state index in [0.717, 1.165) is 22.7 Å². The van der Waals surface area contributed by atoms with Crippen molar-refractivity contribution in [3.63, 3.8) is 0 Å². The third kappa shape index (κ3) is 3.97. The lowest BCUT2D eigenvalue weighted by molar-refractivity contribution is 0.0526. The number of carbonyl (C=O) groups is 1. The standard InChI is InChI=1S/C20H19N3O3/c1-3-26-20(24)15-10-8-14(9-11-15)17-12-19(22-13-21-17)23-16-6-4-5-7-18(16)25-2/h4-13H,3H2,1-2H3,(H,21,22,23). The number of para-hydroxylation sites is 2. The number of methoxy groups -OCH3 is 1. The zero-order valence-corrected chi connectivity index (χ0v) is 14.6. The van der Waals surface area contributed by atoms with Crippen molar-refractivity contribution in [2.75, 3.05) is 19.0 Å². The second-order valence-electron chi connectivity index (χ2n) is 5.41. The molecule has 0 amide bonds. The molecule has 2 aromatic carbocycles. The summed E-state index contributed by atoms with van der Waals surface area (Å²) in [6.07, 6.45) is 1.49. The molecule has 0 saturated carbocycles. The van der Waals surface area contributed by atoms with Crippen molar-refractivity contribution in [1.82, 2.24) is 9.97 Å². The van der Waals surface area contributed by atoms with Crippen LogP contribution in [0.1, 0.15) is 17.3 Å². The van der Waals surface area contributed by atoms with Gasteiger partial charge in [0.1, 0.15) is 17.9 Å². The molecule has 26 heavy (non-hydrogen) atoms. The summed E-state index contributed by atoms with van der Waals surface area (Å²) in [5.74, 6) is 1.04. The molecular weight excluding hydrogens is 330 g/mol. The van der Waals surface area contributed by atoms with E-state index in [1.807, 2.05) is 42.5 Å². The molecule has 0 unspecified atom stereocenters. The molecule has 6 nitrogen and oxygen atoms in total. The zero-order chi connectivity index (χ0) is 18.4. The van der Waals surface area contributed by atoms with Crippen molar-refractivity contribution in [3.05, 3.63) is 66.5 Å². The van der Waals surface area contributed by atoms with Crippen molar-refractivity contribution < 1.29 is 14.3 Å². The number of rotatable bonds is 6. The lowest BCUT2D eigenvalue weighted by atomic mass is 10.1. The first-order chi connectivity index (χ1) is 12.7. The van der Waals surface area contributed by atoms with Crippen LogP contribution in [0.25, 0.3) is 11.3 Å². The normalized spacial score (nSPS) is 10.2. The van der Waals surface area contributed by atoms with Gasteiger partial charge in [-0.1, -0.05) is 24.3 Å². The molecular formula is C20H19N3O3. The summed E-state index contributed by atoms with van der Waals surface area (Å²) < 4.78 is 10.3. The van der Waals surface area contributed by atoms with Crippen LogP contribution in [-0.4, -0.2) is 29.7 Å². The Labute approximate surface area is 151 Å². The molecule has 132 valence electrons. The van der Waals surface area contributed by atoms with Gasteiger partial charge in [0.15, 0.2) is 0 Å². The van der Waals surface area contributed by atoms with E-state index in [0.29, 0.717) is 18.0 Å². The van der Waals surface area contributed by atoms with Gasteiger partial charge in [0.05, 0.1) is 30.7 Å². The van der Waals surface area contributed by atoms with Crippen molar-refractivity contribution in [3.8, 4) is 17.0 Å². The van der Waals surface area contributed by atoms with Gasteiger partial charge in [-0.05, 0) is 31.2 Å². The molecule has 1 N–H and O–H groups in total.